The van der Waals surface area contributed by atoms with Crippen LogP contribution >= 0.6 is 0 Å². The minimum absolute atomic E-state index is 0.300. The third-order valence-corrected chi connectivity index (χ3v) is 3.31. The Labute approximate surface area is 107 Å². The lowest BCUT2D eigenvalue weighted by atomic mass is 10.0. The van der Waals surface area contributed by atoms with Gasteiger partial charge in [0.25, 0.3) is 0 Å². The summed E-state index contributed by atoms with van der Waals surface area (Å²) in [5.41, 5.74) is 0. The molecular weight excluding hydrogens is 232 g/mol. The summed E-state index contributed by atoms with van der Waals surface area (Å²) >= 11 is 0. The van der Waals surface area contributed by atoms with E-state index in [1.54, 1.807) is 7.11 Å². The van der Waals surface area contributed by atoms with Gasteiger partial charge in [-0.3, -0.25) is 0 Å². The van der Waals surface area contributed by atoms with Gasteiger partial charge in [0, 0.05) is 26.1 Å². The van der Waals surface area contributed by atoms with Crippen molar-refractivity contribution in [2.75, 3.05) is 37.9 Å². The zero-order valence-corrected chi connectivity index (χ0v) is 11.1. The van der Waals surface area contributed by atoms with Crippen molar-refractivity contribution in [3.8, 4) is 5.75 Å². The second kappa shape index (κ2) is 5.86. The second-order valence-corrected chi connectivity index (χ2v) is 4.36. The standard InChI is InChI=1S/C12H20N4O2/c1-8-9(4-5-18-8)6-14-12-10(17-3)11(13-2)15-7-16-12/h7-9H,4-6H2,1-3H3,(H2,13,14,15,16). The summed E-state index contributed by atoms with van der Waals surface area (Å²) in [5, 5.41) is 6.30. The predicted molar refractivity (Wildman–Crippen MR) is 70.1 cm³/mol. The first-order valence-electron chi connectivity index (χ1n) is 6.18. The highest BCUT2D eigenvalue weighted by atomic mass is 16.5. The molecule has 2 heterocycles. The maximum atomic E-state index is 5.54. The van der Waals surface area contributed by atoms with E-state index in [1.807, 2.05) is 7.05 Å². The molecule has 1 aliphatic rings. The molecule has 1 aliphatic heterocycles. The SMILES string of the molecule is CNc1ncnc(NCC2CCOC2C)c1OC. The van der Waals surface area contributed by atoms with Crippen LogP contribution in [0.5, 0.6) is 5.75 Å². The van der Waals surface area contributed by atoms with E-state index in [-0.39, 0.29) is 0 Å². The first-order valence-corrected chi connectivity index (χ1v) is 6.18. The van der Waals surface area contributed by atoms with Crippen LogP contribution in [0.15, 0.2) is 6.33 Å². The summed E-state index contributed by atoms with van der Waals surface area (Å²) in [5.74, 6) is 2.57. The maximum absolute atomic E-state index is 5.54. The van der Waals surface area contributed by atoms with Crippen LogP contribution in [0.3, 0.4) is 0 Å². The average molecular weight is 252 g/mol. The monoisotopic (exact) mass is 252 g/mol. The molecule has 0 saturated carbocycles. The fourth-order valence-electron chi connectivity index (χ4n) is 2.14. The first-order chi connectivity index (χ1) is 8.76. The van der Waals surface area contributed by atoms with E-state index in [2.05, 4.69) is 27.5 Å². The molecule has 0 spiro atoms. The molecule has 18 heavy (non-hydrogen) atoms. The zero-order chi connectivity index (χ0) is 13.0. The highest BCUT2D eigenvalue weighted by Crippen LogP contribution is 2.29. The van der Waals surface area contributed by atoms with Gasteiger partial charge in [-0.15, -0.1) is 0 Å². The van der Waals surface area contributed by atoms with Gasteiger partial charge in [-0.05, 0) is 13.3 Å². The van der Waals surface area contributed by atoms with E-state index in [9.17, 15) is 0 Å². The van der Waals surface area contributed by atoms with Gasteiger partial charge in [0.2, 0.25) is 5.75 Å². The van der Waals surface area contributed by atoms with Gasteiger partial charge >= 0.3 is 0 Å². The third-order valence-electron chi connectivity index (χ3n) is 3.31. The van der Waals surface area contributed by atoms with E-state index in [0.717, 1.165) is 25.4 Å². The number of rotatable bonds is 5. The van der Waals surface area contributed by atoms with Crippen molar-refractivity contribution in [1.82, 2.24) is 9.97 Å². The Hall–Kier alpha value is -1.56. The van der Waals surface area contributed by atoms with Crippen LogP contribution in [0.25, 0.3) is 0 Å². The number of ether oxygens (including phenoxy) is 2. The van der Waals surface area contributed by atoms with Crippen molar-refractivity contribution < 1.29 is 9.47 Å². The van der Waals surface area contributed by atoms with Gasteiger partial charge in [-0.25, -0.2) is 9.97 Å². The number of hydrogen-bond acceptors (Lipinski definition) is 6. The molecule has 2 N–H and O–H groups in total. The van der Waals surface area contributed by atoms with E-state index in [0.29, 0.717) is 23.6 Å². The van der Waals surface area contributed by atoms with Gasteiger partial charge in [0.1, 0.15) is 6.33 Å². The van der Waals surface area contributed by atoms with Crippen LogP contribution in [0.2, 0.25) is 0 Å². The smallest absolute Gasteiger partial charge is 0.204 e. The van der Waals surface area contributed by atoms with Gasteiger partial charge in [0.15, 0.2) is 11.6 Å². The van der Waals surface area contributed by atoms with Crippen molar-refractivity contribution in [3.05, 3.63) is 6.33 Å². The number of methoxy groups -OCH3 is 1. The van der Waals surface area contributed by atoms with Crippen LogP contribution in [0, 0.1) is 5.92 Å². The summed E-state index contributed by atoms with van der Waals surface area (Å²) in [6.07, 6.45) is 2.90. The Balaban J connectivity index is 2.04. The molecule has 1 aromatic heterocycles. The van der Waals surface area contributed by atoms with Gasteiger partial charge in [0.05, 0.1) is 13.2 Å². The van der Waals surface area contributed by atoms with Crippen LogP contribution in [-0.2, 0) is 4.74 Å². The summed E-state index contributed by atoms with van der Waals surface area (Å²) in [6, 6.07) is 0. The molecule has 6 nitrogen and oxygen atoms in total. The summed E-state index contributed by atoms with van der Waals surface area (Å²) in [7, 11) is 3.42. The number of aromatic nitrogens is 2. The lowest BCUT2D eigenvalue weighted by Crippen LogP contribution is -2.21. The molecule has 0 radical (unpaired) electrons. The lowest BCUT2D eigenvalue weighted by Gasteiger charge is -2.17. The normalized spacial score (nSPS) is 22.8. The number of anilines is 2. The van der Waals surface area contributed by atoms with E-state index < -0.39 is 0 Å². The topological polar surface area (TPSA) is 68.3 Å². The molecule has 0 bridgehead atoms. The highest BCUT2D eigenvalue weighted by molar-refractivity contribution is 5.63. The molecule has 0 amide bonds. The van der Waals surface area contributed by atoms with Crippen molar-refractivity contribution in [3.63, 3.8) is 0 Å². The second-order valence-electron chi connectivity index (χ2n) is 4.36. The van der Waals surface area contributed by atoms with Crippen molar-refractivity contribution in [1.29, 1.82) is 0 Å². The van der Waals surface area contributed by atoms with Gasteiger partial charge in [-0.2, -0.15) is 0 Å². The van der Waals surface area contributed by atoms with E-state index in [4.69, 9.17) is 9.47 Å². The average Bonchev–Trinajstić information content (AvgIpc) is 2.81. The maximum Gasteiger partial charge on any atom is 0.204 e. The van der Waals surface area contributed by atoms with Crippen LogP contribution in [0.4, 0.5) is 11.6 Å². The van der Waals surface area contributed by atoms with Crippen LogP contribution < -0.4 is 15.4 Å². The molecule has 0 aliphatic carbocycles. The summed E-state index contributed by atoms with van der Waals surface area (Å²) in [4.78, 5) is 8.33. The molecule has 1 saturated heterocycles. The Kier molecular flexibility index (Phi) is 4.19. The quantitative estimate of drug-likeness (QED) is 0.825. The number of hydrogen-bond donors (Lipinski definition) is 2. The third kappa shape index (κ3) is 2.64. The molecule has 2 rings (SSSR count). The molecule has 0 aromatic carbocycles. The fraction of sp³-hybridized carbons (Fsp3) is 0.667. The summed E-state index contributed by atoms with van der Waals surface area (Å²) in [6.45, 7) is 3.78. The summed E-state index contributed by atoms with van der Waals surface area (Å²) < 4.78 is 10.9. The Morgan fingerprint density at radius 2 is 2.22 bits per heavy atom. The van der Waals surface area contributed by atoms with E-state index in [1.165, 1.54) is 6.33 Å². The minimum Gasteiger partial charge on any atom is -0.490 e. The van der Waals surface area contributed by atoms with E-state index >= 15 is 0 Å². The first kappa shape index (κ1) is 12.9. The predicted octanol–water partition coefficient (Wildman–Crippen LogP) is 1.36. The molecule has 2 atom stereocenters. The number of nitrogens with zero attached hydrogens (tertiary/aromatic N) is 2. The Morgan fingerprint density at radius 3 is 2.83 bits per heavy atom. The Bertz CT molecular complexity index is 400. The largest absolute Gasteiger partial charge is 0.490 e. The molecule has 2 unspecified atom stereocenters. The minimum atomic E-state index is 0.300. The van der Waals surface area contributed by atoms with Crippen molar-refractivity contribution >= 4 is 11.6 Å². The highest BCUT2D eigenvalue weighted by Gasteiger charge is 2.24. The molecular formula is C12H20N4O2. The Morgan fingerprint density at radius 1 is 1.44 bits per heavy atom. The molecule has 1 fully saturated rings. The van der Waals surface area contributed by atoms with Crippen LogP contribution in [0.1, 0.15) is 13.3 Å². The fourth-order valence-corrected chi connectivity index (χ4v) is 2.14. The number of nitrogens with one attached hydrogen (secondary N) is 2. The molecule has 6 heteroatoms. The van der Waals surface area contributed by atoms with Gasteiger partial charge in [-0.1, -0.05) is 0 Å². The van der Waals surface area contributed by atoms with Crippen molar-refractivity contribution in [2.24, 2.45) is 5.92 Å². The van der Waals surface area contributed by atoms with Crippen LogP contribution in [-0.4, -0.2) is 43.4 Å². The molecule has 100 valence electrons. The van der Waals surface area contributed by atoms with Crippen molar-refractivity contribution in [2.45, 2.75) is 19.4 Å². The zero-order valence-electron chi connectivity index (χ0n) is 11.1. The lowest BCUT2D eigenvalue weighted by molar-refractivity contribution is 0.108. The molecule has 1 aromatic rings. The van der Waals surface area contributed by atoms with Gasteiger partial charge < -0.3 is 20.1 Å².